The second-order valence-corrected chi connectivity index (χ2v) is 3.36. The number of likely N-dealkylation sites (N-methyl/N-ethyl adjacent to an activating group) is 1. The van der Waals surface area contributed by atoms with Crippen LogP contribution < -0.4 is 5.73 Å². The van der Waals surface area contributed by atoms with Crippen LogP contribution in [0.15, 0.2) is 12.4 Å². The molecule has 2 N–H and O–H groups in total. The molecule has 0 aliphatic carbocycles. The van der Waals surface area contributed by atoms with Crippen molar-refractivity contribution in [2.24, 2.45) is 12.8 Å². The SMILES string of the molecule is CN(CCN)CCc1cnn(C)c1. The van der Waals surface area contributed by atoms with E-state index in [1.54, 1.807) is 0 Å². The first kappa shape index (κ1) is 10.2. The minimum Gasteiger partial charge on any atom is -0.329 e. The quantitative estimate of drug-likeness (QED) is 0.689. The van der Waals surface area contributed by atoms with Gasteiger partial charge < -0.3 is 10.6 Å². The first-order valence-electron chi connectivity index (χ1n) is 4.58. The molecule has 0 aliphatic rings. The van der Waals surface area contributed by atoms with Crippen LogP contribution in [0.1, 0.15) is 5.56 Å². The third kappa shape index (κ3) is 3.57. The lowest BCUT2D eigenvalue weighted by atomic mass is 10.2. The molecule has 4 nitrogen and oxygen atoms in total. The smallest absolute Gasteiger partial charge is 0.0522 e. The zero-order valence-corrected chi connectivity index (χ0v) is 8.40. The molecule has 1 rings (SSSR count). The fourth-order valence-corrected chi connectivity index (χ4v) is 1.25. The van der Waals surface area contributed by atoms with Crippen molar-refractivity contribution in [2.45, 2.75) is 6.42 Å². The number of aryl methyl sites for hydroxylation is 1. The number of rotatable bonds is 5. The van der Waals surface area contributed by atoms with Gasteiger partial charge in [-0.2, -0.15) is 5.10 Å². The van der Waals surface area contributed by atoms with Gasteiger partial charge in [0, 0.05) is 32.9 Å². The molecule has 0 fully saturated rings. The Balaban J connectivity index is 2.26. The summed E-state index contributed by atoms with van der Waals surface area (Å²) in [5.74, 6) is 0. The predicted octanol–water partition coefficient (Wildman–Crippen LogP) is -0.147. The third-order valence-corrected chi connectivity index (χ3v) is 2.05. The van der Waals surface area contributed by atoms with Crippen LogP contribution in [0.25, 0.3) is 0 Å². The molecule has 0 atom stereocenters. The molecule has 0 saturated heterocycles. The maximum absolute atomic E-state index is 5.44. The van der Waals surface area contributed by atoms with Gasteiger partial charge in [-0.3, -0.25) is 4.68 Å². The Morgan fingerprint density at radius 3 is 2.85 bits per heavy atom. The van der Waals surface area contributed by atoms with E-state index in [9.17, 15) is 0 Å². The van der Waals surface area contributed by atoms with E-state index in [4.69, 9.17) is 5.73 Å². The van der Waals surface area contributed by atoms with Gasteiger partial charge in [0.15, 0.2) is 0 Å². The summed E-state index contributed by atoms with van der Waals surface area (Å²) in [4.78, 5) is 2.23. The van der Waals surface area contributed by atoms with E-state index in [0.29, 0.717) is 0 Å². The maximum Gasteiger partial charge on any atom is 0.0522 e. The number of hydrogen-bond donors (Lipinski definition) is 1. The van der Waals surface area contributed by atoms with Gasteiger partial charge in [-0.05, 0) is 19.0 Å². The normalized spacial score (nSPS) is 11.1. The summed E-state index contributed by atoms with van der Waals surface area (Å²) in [5.41, 5.74) is 6.73. The summed E-state index contributed by atoms with van der Waals surface area (Å²) in [7, 11) is 4.02. The first-order chi connectivity index (χ1) is 6.22. The van der Waals surface area contributed by atoms with Gasteiger partial charge in [0.05, 0.1) is 6.20 Å². The summed E-state index contributed by atoms with van der Waals surface area (Å²) in [6.45, 7) is 2.73. The summed E-state index contributed by atoms with van der Waals surface area (Å²) < 4.78 is 1.83. The Bertz CT molecular complexity index is 244. The minimum atomic E-state index is 0.726. The zero-order valence-electron chi connectivity index (χ0n) is 8.40. The van der Waals surface area contributed by atoms with E-state index in [-0.39, 0.29) is 0 Å². The molecule has 1 aromatic rings. The topological polar surface area (TPSA) is 47.1 Å². The van der Waals surface area contributed by atoms with Crippen LogP contribution in [0.4, 0.5) is 0 Å². The number of hydrogen-bond acceptors (Lipinski definition) is 3. The Morgan fingerprint density at radius 1 is 1.54 bits per heavy atom. The molecule has 1 heterocycles. The highest BCUT2D eigenvalue weighted by molar-refractivity contribution is 5.03. The summed E-state index contributed by atoms with van der Waals surface area (Å²) in [6.07, 6.45) is 5.01. The van der Waals surface area contributed by atoms with Crippen LogP contribution in [0.2, 0.25) is 0 Å². The summed E-state index contributed by atoms with van der Waals surface area (Å²) in [5, 5.41) is 4.11. The maximum atomic E-state index is 5.44. The predicted molar refractivity (Wildman–Crippen MR) is 53.5 cm³/mol. The van der Waals surface area contributed by atoms with Crippen molar-refractivity contribution in [3.05, 3.63) is 18.0 Å². The molecule has 0 aliphatic heterocycles. The Labute approximate surface area is 79.3 Å². The van der Waals surface area contributed by atoms with Crippen molar-refractivity contribution in [1.82, 2.24) is 14.7 Å². The molecule has 0 radical (unpaired) electrons. The second kappa shape index (κ2) is 4.99. The lowest BCUT2D eigenvalue weighted by Crippen LogP contribution is -2.27. The van der Waals surface area contributed by atoms with Crippen molar-refractivity contribution in [3.63, 3.8) is 0 Å². The third-order valence-electron chi connectivity index (χ3n) is 2.05. The van der Waals surface area contributed by atoms with Crippen LogP contribution >= 0.6 is 0 Å². The van der Waals surface area contributed by atoms with E-state index in [2.05, 4.69) is 23.2 Å². The average molecular weight is 182 g/mol. The van der Waals surface area contributed by atoms with Gasteiger partial charge >= 0.3 is 0 Å². The average Bonchev–Trinajstić information content (AvgIpc) is 2.49. The largest absolute Gasteiger partial charge is 0.329 e. The van der Waals surface area contributed by atoms with E-state index in [1.165, 1.54) is 5.56 Å². The van der Waals surface area contributed by atoms with Gasteiger partial charge in [-0.1, -0.05) is 0 Å². The number of aromatic nitrogens is 2. The van der Waals surface area contributed by atoms with E-state index in [1.807, 2.05) is 17.9 Å². The van der Waals surface area contributed by atoms with Crippen LogP contribution in [0.5, 0.6) is 0 Å². The lowest BCUT2D eigenvalue weighted by molar-refractivity contribution is 0.348. The van der Waals surface area contributed by atoms with Crippen LogP contribution in [0, 0.1) is 0 Å². The summed E-state index contributed by atoms with van der Waals surface area (Å²) >= 11 is 0. The molecule has 74 valence electrons. The molecule has 4 heteroatoms. The van der Waals surface area contributed by atoms with Gasteiger partial charge in [-0.15, -0.1) is 0 Å². The molecule has 0 spiro atoms. The van der Waals surface area contributed by atoms with Crippen molar-refractivity contribution in [3.8, 4) is 0 Å². The molecule has 13 heavy (non-hydrogen) atoms. The number of nitrogens with zero attached hydrogens (tertiary/aromatic N) is 3. The molecule has 0 saturated carbocycles. The molecular formula is C9H18N4. The molecule has 1 aromatic heterocycles. The Kier molecular flexibility index (Phi) is 3.92. The van der Waals surface area contributed by atoms with E-state index < -0.39 is 0 Å². The van der Waals surface area contributed by atoms with Gasteiger partial charge in [-0.25, -0.2) is 0 Å². The molecule has 0 bridgehead atoms. The van der Waals surface area contributed by atoms with Crippen molar-refractivity contribution >= 4 is 0 Å². The van der Waals surface area contributed by atoms with Crippen molar-refractivity contribution < 1.29 is 0 Å². The van der Waals surface area contributed by atoms with Crippen molar-refractivity contribution in [1.29, 1.82) is 0 Å². The monoisotopic (exact) mass is 182 g/mol. The Morgan fingerprint density at radius 2 is 2.31 bits per heavy atom. The molecule has 0 aromatic carbocycles. The highest BCUT2D eigenvalue weighted by Gasteiger charge is 1.99. The second-order valence-electron chi connectivity index (χ2n) is 3.36. The highest BCUT2D eigenvalue weighted by Crippen LogP contribution is 1.98. The fourth-order valence-electron chi connectivity index (χ4n) is 1.25. The highest BCUT2D eigenvalue weighted by atomic mass is 15.2. The van der Waals surface area contributed by atoms with E-state index >= 15 is 0 Å². The Hall–Kier alpha value is -0.870. The van der Waals surface area contributed by atoms with Crippen LogP contribution in [-0.4, -0.2) is 41.4 Å². The fraction of sp³-hybridized carbons (Fsp3) is 0.667. The standard InChI is InChI=1S/C9H18N4/c1-12(6-4-10)5-3-9-7-11-13(2)8-9/h7-8H,3-6,10H2,1-2H3. The molecular weight excluding hydrogens is 164 g/mol. The van der Waals surface area contributed by atoms with Crippen LogP contribution in [-0.2, 0) is 13.5 Å². The van der Waals surface area contributed by atoms with Gasteiger partial charge in [0.2, 0.25) is 0 Å². The molecule has 0 unspecified atom stereocenters. The number of nitrogens with two attached hydrogens (primary N) is 1. The summed E-state index contributed by atoms with van der Waals surface area (Å²) in [6, 6.07) is 0. The molecule has 0 amide bonds. The van der Waals surface area contributed by atoms with Crippen LogP contribution in [0.3, 0.4) is 0 Å². The van der Waals surface area contributed by atoms with E-state index in [0.717, 1.165) is 26.1 Å². The van der Waals surface area contributed by atoms with Gasteiger partial charge in [0.1, 0.15) is 0 Å². The minimum absolute atomic E-state index is 0.726. The first-order valence-corrected chi connectivity index (χ1v) is 4.58. The van der Waals surface area contributed by atoms with Crippen molar-refractivity contribution in [2.75, 3.05) is 26.7 Å². The van der Waals surface area contributed by atoms with Gasteiger partial charge in [0.25, 0.3) is 0 Å². The lowest BCUT2D eigenvalue weighted by Gasteiger charge is -2.13. The zero-order chi connectivity index (χ0) is 9.68.